The van der Waals surface area contributed by atoms with Crippen molar-refractivity contribution in [2.75, 3.05) is 0 Å². The zero-order chi connectivity index (χ0) is 29.5. The summed E-state index contributed by atoms with van der Waals surface area (Å²) < 4.78 is 11.1. The Morgan fingerprint density at radius 3 is 1.89 bits per heavy atom. The van der Waals surface area contributed by atoms with Crippen LogP contribution in [0.2, 0.25) is 0 Å². The molecule has 0 radical (unpaired) electrons. The highest BCUT2D eigenvalue weighted by atomic mass is 16.3. The van der Waals surface area contributed by atoms with E-state index >= 15 is 0 Å². The van der Waals surface area contributed by atoms with Crippen LogP contribution in [0.1, 0.15) is 0 Å². The fourth-order valence-corrected chi connectivity index (χ4v) is 7.16. The molecule has 0 aliphatic rings. The van der Waals surface area contributed by atoms with Gasteiger partial charge in [0.2, 0.25) is 0 Å². The summed E-state index contributed by atoms with van der Waals surface area (Å²) >= 11 is 0. The molecule has 0 atom stereocenters. The predicted octanol–water partition coefficient (Wildman–Crippen LogP) is 10.2. The van der Waals surface area contributed by atoms with Gasteiger partial charge in [0.15, 0.2) is 11.4 Å². The summed E-state index contributed by atoms with van der Waals surface area (Å²) in [6, 6.07) is 49.1. The van der Waals surface area contributed by atoms with Gasteiger partial charge < -0.3 is 8.98 Å². The van der Waals surface area contributed by atoms with Crippen molar-refractivity contribution in [3.05, 3.63) is 146 Å². The van der Waals surface area contributed by atoms with Gasteiger partial charge in [0.05, 0.1) is 22.1 Å². The van der Waals surface area contributed by atoms with Gasteiger partial charge in [-0.15, -0.1) is 0 Å². The molecule has 5 nitrogen and oxygen atoms in total. The van der Waals surface area contributed by atoms with Crippen LogP contribution in [0.4, 0.5) is 0 Å². The summed E-state index contributed by atoms with van der Waals surface area (Å²) in [7, 11) is 0. The van der Waals surface area contributed by atoms with Crippen LogP contribution in [-0.4, -0.2) is 19.1 Å². The average Bonchev–Trinajstić information content (AvgIpc) is 3.76. The highest BCUT2D eigenvalue weighted by molar-refractivity contribution is 6.17. The molecule has 0 bridgehead atoms. The van der Waals surface area contributed by atoms with Gasteiger partial charge in [-0.1, -0.05) is 91.0 Å². The Hall–Kier alpha value is -6.20. The second kappa shape index (κ2) is 9.15. The van der Waals surface area contributed by atoms with Gasteiger partial charge in [0.1, 0.15) is 17.4 Å². The van der Waals surface area contributed by atoms with Gasteiger partial charge in [-0.2, -0.15) is 0 Å². The quantitative estimate of drug-likeness (QED) is 0.210. The lowest BCUT2D eigenvalue weighted by Gasteiger charge is -2.08. The second-order valence-electron chi connectivity index (χ2n) is 11.4. The maximum atomic E-state index is 6.57. The normalized spacial score (nSPS) is 12.0. The Kier molecular flexibility index (Phi) is 4.93. The number of benzene rings is 6. The first-order chi connectivity index (χ1) is 22.3. The second-order valence-corrected chi connectivity index (χ2v) is 11.4. The van der Waals surface area contributed by atoms with Gasteiger partial charge in [-0.05, 0) is 59.7 Å². The lowest BCUT2D eigenvalue weighted by atomic mass is 9.98. The summed E-state index contributed by atoms with van der Waals surface area (Å²) in [5, 5.41) is 5.78. The van der Waals surface area contributed by atoms with Crippen LogP contribution in [0.15, 0.2) is 150 Å². The summed E-state index contributed by atoms with van der Waals surface area (Å²) in [6.07, 6.45) is 1.65. The largest absolute Gasteiger partial charge is 0.450 e. The molecule has 4 heterocycles. The van der Waals surface area contributed by atoms with Gasteiger partial charge >= 0.3 is 0 Å². The van der Waals surface area contributed by atoms with Crippen LogP contribution >= 0.6 is 0 Å². The highest BCUT2D eigenvalue weighted by Crippen LogP contribution is 2.41. The Morgan fingerprint density at radius 2 is 1.13 bits per heavy atom. The Morgan fingerprint density at radius 1 is 0.489 bits per heavy atom. The van der Waals surface area contributed by atoms with Crippen LogP contribution in [0.25, 0.3) is 88.3 Å². The summed E-state index contributed by atoms with van der Waals surface area (Å²) in [4.78, 5) is 9.56. The first kappa shape index (κ1) is 24.3. The number of aromatic nitrogens is 4. The number of rotatable bonds is 3. The minimum Gasteiger partial charge on any atom is -0.450 e. The Bertz CT molecular complexity index is 2710. The molecule has 10 rings (SSSR count). The zero-order valence-corrected chi connectivity index (χ0v) is 24.1. The molecule has 0 aliphatic carbocycles. The molecule has 0 fully saturated rings. The van der Waals surface area contributed by atoms with Crippen LogP contribution in [0.5, 0.6) is 0 Å². The van der Waals surface area contributed by atoms with Gasteiger partial charge in [-0.3, -0.25) is 4.57 Å². The molecule has 6 aromatic carbocycles. The van der Waals surface area contributed by atoms with Crippen molar-refractivity contribution in [1.82, 2.24) is 19.1 Å². The summed E-state index contributed by atoms with van der Waals surface area (Å²) in [5.41, 5.74) is 10.2. The van der Waals surface area contributed by atoms with Gasteiger partial charge in [-0.25, -0.2) is 9.97 Å². The smallest absolute Gasteiger partial charge is 0.197 e. The molecule has 0 saturated heterocycles. The van der Waals surface area contributed by atoms with E-state index in [1.807, 2.05) is 0 Å². The van der Waals surface area contributed by atoms with E-state index in [0.717, 1.165) is 44.6 Å². The topological polar surface area (TPSA) is 48.8 Å². The molecule has 210 valence electrons. The number of para-hydroxylation sites is 4. The molecule has 45 heavy (non-hydrogen) atoms. The van der Waals surface area contributed by atoms with Gasteiger partial charge in [0.25, 0.3) is 0 Å². The third kappa shape index (κ3) is 3.38. The molecular formula is C40H24N4O. The van der Waals surface area contributed by atoms with Crippen LogP contribution < -0.4 is 0 Å². The van der Waals surface area contributed by atoms with E-state index in [2.05, 4.69) is 149 Å². The number of nitrogens with zero attached hydrogens (tertiary/aromatic N) is 4. The number of hydrogen-bond acceptors (Lipinski definition) is 3. The summed E-state index contributed by atoms with van der Waals surface area (Å²) in [6.45, 7) is 0. The molecule has 0 unspecified atom stereocenters. The third-order valence-electron chi connectivity index (χ3n) is 9.05. The van der Waals surface area contributed by atoms with E-state index in [0.29, 0.717) is 5.58 Å². The van der Waals surface area contributed by atoms with Crippen molar-refractivity contribution in [3.63, 3.8) is 0 Å². The van der Waals surface area contributed by atoms with Crippen LogP contribution in [0.3, 0.4) is 0 Å². The van der Waals surface area contributed by atoms with Crippen molar-refractivity contribution in [2.24, 2.45) is 0 Å². The molecule has 0 spiro atoms. The average molecular weight is 577 g/mol. The first-order valence-corrected chi connectivity index (χ1v) is 15.1. The molecule has 4 aromatic heterocycles. The number of furan rings is 1. The van der Waals surface area contributed by atoms with E-state index in [-0.39, 0.29) is 0 Å². The maximum absolute atomic E-state index is 6.57. The van der Waals surface area contributed by atoms with Crippen LogP contribution in [0, 0.1) is 0 Å². The van der Waals surface area contributed by atoms with E-state index in [4.69, 9.17) is 14.4 Å². The SMILES string of the molecule is c1ccc(-n2c3ccccc3c3c(-c4ccc5oc6c(-n7c8ccccc8c8ccccc87)ncnc6c5c4)cccc32)cc1. The van der Waals surface area contributed by atoms with Crippen molar-refractivity contribution >= 4 is 65.7 Å². The molecular weight excluding hydrogens is 552 g/mol. The third-order valence-corrected chi connectivity index (χ3v) is 9.05. The van der Waals surface area contributed by atoms with Crippen molar-refractivity contribution in [1.29, 1.82) is 0 Å². The highest BCUT2D eigenvalue weighted by Gasteiger charge is 2.21. The number of hydrogen-bond donors (Lipinski definition) is 0. The van der Waals surface area contributed by atoms with Crippen LogP contribution in [-0.2, 0) is 0 Å². The van der Waals surface area contributed by atoms with E-state index < -0.39 is 0 Å². The lowest BCUT2D eigenvalue weighted by Crippen LogP contribution is -1.98. The fraction of sp³-hybridized carbons (Fsp3) is 0. The van der Waals surface area contributed by atoms with Gasteiger partial charge in [0, 0.05) is 32.6 Å². The molecule has 0 amide bonds. The zero-order valence-electron chi connectivity index (χ0n) is 24.1. The number of fused-ring (bicyclic) bond motifs is 9. The van der Waals surface area contributed by atoms with Crippen molar-refractivity contribution in [3.8, 4) is 22.6 Å². The maximum Gasteiger partial charge on any atom is 0.197 e. The minimum absolute atomic E-state index is 0.676. The lowest BCUT2D eigenvalue weighted by molar-refractivity contribution is 0.662. The minimum atomic E-state index is 0.676. The predicted molar refractivity (Wildman–Crippen MR) is 183 cm³/mol. The van der Waals surface area contributed by atoms with Crippen molar-refractivity contribution < 1.29 is 4.42 Å². The summed E-state index contributed by atoms with van der Waals surface area (Å²) in [5.74, 6) is 0.739. The fourth-order valence-electron chi connectivity index (χ4n) is 7.16. The van der Waals surface area contributed by atoms with E-state index in [1.165, 1.54) is 38.1 Å². The van der Waals surface area contributed by atoms with E-state index in [1.54, 1.807) is 6.33 Å². The first-order valence-electron chi connectivity index (χ1n) is 15.1. The monoisotopic (exact) mass is 576 g/mol. The molecule has 0 saturated carbocycles. The molecule has 0 N–H and O–H groups in total. The van der Waals surface area contributed by atoms with E-state index in [9.17, 15) is 0 Å². The standard InChI is InChI=1S/C40H24N4O/c1-2-11-26(12-3-1)43-34-19-9-6-15-30(34)37-27(16-10-20-35(37)43)25-21-22-36-31(23-25)38-39(45-36)40(42-24-41-38)44-32-17-7-4-13-28(32)29-14-5-8-18-33(29)44/h1-24H. The van der Waals surface area contributed by atoms with Crippen molar-refractivity contribution in [2.45, 2.75) is 0 Å². The molecule has 10 aromatic rings. The molecule has 0 aliphatic heterocycles. The Labute approximate surface area is 257 Å². The molecule has 5 heteroatoms. The Balaban J connectivity index is 1.23.